The van der Waals surface area contributed by atoms with Crippen molar-refractivity contribution in [3.63, 3.8) is 0 Å². The average molecular weight is 473 g/mol. The van der Waals surface area contributed by atoms with Crippen molar-refractivity contribution in [2.24, 2.45) is 0 Å². The lowest BCUT2D eigenvalue weighted by molar-refractivity contribution is 0.584. The maximum Gasteiger partial charge on any atom is 0.264 e. The van der Waals surface area contributed by atoms with E-state index in [-0.39, 0.29) is 27.8 Å². The van der Waals surface area contributed by atoms with Crippen LogP contribution in [0.25, 0.3) is 21.6 Å². The second kappa shape index (κ2) is 7.08. The van der Waals surface area contributed by atoms with E-state index in [2.05, 4.69) is 15.0 Å². The van der Waals surface area contributed by atoms with Crippen molar-refractivity contribution in [3.8, 4) is 11.4 Å². The molecule has 158 valence electrons. The summed E-state index contributed by atoms with van der Waals surface area (Å²) in [6, 6.07) is 11.0. The van der Waals surface area contributed by atoms with Gasteiger partial charge in [0.15, 0.2) is 15.7 Å². The smallest absolute Gasteiger partial charge is 0.264 e. The minimum Gasteiger partial charge on any atom is -0.264 e. The van der Waals surface area contributed by atoms with Gasteiger partial charge in [0.05, 0.1) is 36.5 Å². The quantitative estimate of drug-likeness (QED) is 0.451. The molecule has 0 unspecified atom stereocenters. The highest BCUT2D eigenvalue weighted by atomic mass is 32.2. The molecule has 1 aliphatic heterocycles. The van der Waals surface area contributed by atoms with Gasteiger partial charge in [-0.05, 0) is 49.4 Å². The summed E-state index contributed by atoms with van der Waals surface area (Å²) < 4.78 is 54.3. The lowest BCUT2D eigenvalue weighted by atomic mass is 10.2. The molecule has 0 aliphatic carbocycles. The van der Waals surface area contributed by atoms with E-state index in [0.717, 1.165) is 19.5 Å². The van der Waals surface area contributed by atoms with Gasteiger partial charge in [-0.2, -0.15) is 0 Å². The summed E-state index contributed by atoms with van der Waals surface area (Å²) in [5, 5.41) is 0.839. The van der Waals surface area contributed by atoms with Crippen molar-refractivity contribution in [1.82, 2.24) is 15.0 Å². The molecular formula is C20H16N4O4S3. The van der Waals surface area contributed by atoms with Crippen LogP contribution in [0.3, 0.4) is 0 Å². The minimum absolute atomic E-state index is 0.0169. The highest BCUT2D eigenvalue weighted by molar-refractivity contribution is 7.94. The van der Waals surface area contributed by atoms with E-state index < -0.39 is 19.9 Å². The molecule has 0 fully saturated rings. The standard InChI is InChI=1S/C20H16N4O4S3/c1-13-23-16-5-4-15(12-18(16)29-13)31(27,28)24-9-10-30(25,26)19-6-3-14(11-17(19)24)20-21-7-2-8-22-20/h2-8,11-12H,9-10H2,1H3. The molecule has 0 radical (unpaired) electrons. The second-order valence-electron chi connectivity index (χ2n) is 7.01. The van der Waals surface area contributed by atoms with Crippen LogP contribution in [0.4, 0.5) is 5.69 Å². The third-order valence-electron chi connectivity index (χ3n) is 5.00. The summed E-state index contributed by atoms with van der Waals surface area (Å²) >= 11 is 1.41. The zero-order chi connectivity index (χ0) is 21.8. The van der Waals surface area contributed by atoms with Crippen LogP contribution in [0.1, 0.15) is 5.01 Å². The monoisotopic (exact) mass is 472 g/mol. The van der Waals surface area contributed by atoms with Gasteiger partial charge in [-0.15, -0.1) is 11.3 Å². The van der Waals surface area contributed by atoms with Crippen LogP contribution in [0.15, 0.2) is 64.6 Å². The predicted molar refractivity (Wildman–Crippen MR) is 118 cm³/mol. The van der Waals surface area contributed by atoms with Crippen LogP contribution in [-0.2, 0) is 19.9 Å². The first kappa shape index (κ1) is 20.0. The Morgan fingerprint density at radius 3 is 2.61 bits per heavy atom. The normalized spacial score (nSPS) is 15.7. The molecule has 0 N–H and O–H groups in total. The van der Waals surface area contributed by atoms with Gasteiger partial charge in [-0.3, -0.25) is 4.31 Å². The maximum atomic E-state index is 13.5. The Hall–Kier alpha value is -2.89. The zero-order valence-electron chi connectivity index (χ0n) is 16.3. The van der Waals surface area contributed by atoms with Gasteiger partial charge in [-0.25, -0.2) is 31.8 Å². The highest BCUT2D eigenvalue weighted by Gasteiger charge is 2.36. The molecule has 0 atom stereocenters. The molecular weight excluding hydrogens is 456 g/mol. The number of hydrogen-bond donors (Lipinski definition) is 0. The Balaban J connectivity index is 1.67. The maximum absolute atomic E-state index is 13.5. The summed E-state index contributed by atoms with van der Waals surface area (Å²) in [5.74, 6) is 0.0923. The number of sulfone groups is 1. The number of nitrogens with zero attached hydrogens (tertiary/aromatic N) is 4. The topological polar surface area (TPSA) is 110 Å². The van der Waals surface area contributed by atoms with Crippen LogP contribution in [0.2, 0.25) is 0 Å². The van der Waals surface area contributed by atoms with Crippen LogP contribution in [0.5, 0.6) is 0 Å². The molecule has 3 heterocycles. The molecule has 0 spiro atoms. The van der Waals surface area contributed by atoms with Gasteiger partial charge in [-0.1, -0.05) is 0 Å². The van der Waals surface area contributed by atoms with Crippen LogP contribution < -0.4 is 4.31 Å². The van der Waals surface area contributed by atoms with Crippen molar-refractivity contribution in [1.29, 1.82) is 0 Å². The molecule has 0 saturated heterocycles. The lowest BCUT2D eigenvalue weighted by Gasteiger charge is -2.30. The SMILES string of the molecule is Cc1nc2ccc(S(=O)(=O)N3CCS(=O)(=O)c4ccc(-c5ncccn5)cc43)cc2s1. The number of rotatable bonds is 3. The predicted octanol–water partition coefficient (Wildman–Crippen LogP) is 3.04. The molecule has 11 heteroatoms. The molecule has 31 heavy (non-hydrogen) atoms. The number of thiazole rings is 1. The van der Waals surface area contributed by atoms with Crippen LogP contribution >= 0.6 is 11.3 Å². The number of hydrogen-bond acceptors (Lipinski definition) is 8. The minimum atomic E-state index is -4.00. The molecule has 0 bridgehead atoms. The van der Waals surface area contributed by atoms with Gasteiger partial charge in [0.2, 0.25) is 0 Å². The second-order valence-corrected chi connectivity index (χ2v) is 12.2. The number of benzene rings is 2. The first-order valence-electron chi connectivity index (χ1n) is 9.30. The molecule has 5 rings (SSSR count). The van der Waals surface area contributed by atoms with Crippen LogP contribution in [-0.4, -0.2) is 44.1 Å². The first-order chi connectivity index (χ1) is 14.8. The summed E-state index contributed by atoms with van der Waals surface area (Å²) in [6.45, 7) is 1.69. The van der Waals surface area contributed by atoms with E-state index >= 15 is 0 Å². The Morgan fingerprint density at radius 1 is 1.06 bits per heavy atom. The summed E-state index contributed by atoms with van der Waals surface area (Å²) in [6.07, 6.45) is 3.14. The number of aryl methyl sites for hydroxylation is 1. The molecule has 8 nitrogen and oxygen atoms in total. The Kier molecular flexibility index (Phi) is 4.57. The molecule has 0 saturated carbocycles. The fourth-order valence-corrected chi connectivity index (χ4v) is 7.58. The Labute approximate surface area is 183 Å². The first-order valence-corrected chi connectivity index (χ1v) is 13.2. The third kappa shape index (κ3) is 3.38. The van der Waals surface area contributed by atoms with Crippen LogP contribution in [0, 0.1) is 6.92 Å². The summed E-state index contributed by atoms with van der Waals surface area (Å²) in [7, 11) is -7.60. The number of sulfonamides is 1. The Bertz CT molecular complexity index is 1530. The summed E-state index contributed by atoms with van der Waals surface area (Å²) in [5.41, 5.74) is 1.37. The lowest BCUT2D eigenvalue weighted by Crippen LogP contribution is -2.39. The highest BCUT2D eigenvalue weighted by Crippen LogP contribution is 2.37. The molecule has 0 amide bonds. The largest absolute Gasteiger partial charge is 0.264 e. The molecule has 4 aromatic rings. The fourth-order valence-electron chi connectivity index (χ4n) is 3.55. The van der Waals surface area contributed by atoms with Gasteiger partial charge < -0.3 is 0 Å². The van der Waals surface area contributed by atoms with E-state index in [9.17, 15) is 16.8 Å². The van der Waals surface area contributed by atoms with Gasteiger partial charge >= 0.3 is 0 Å². The number of aromatic nitrogens is 3. The van der Waals surface area contributed by atoms with Crippen molar-refractivity contribution in [2.45, 2.75) is 16.7 Å². The van der Waals surface area contributed by atoms with Gasteiger partial charge in [0.1, 0.15) is 0 Å². The van der Waals surface area contributed by atoms with Gasteiger partial charge in [0, 0.05) is 24.5 Å². The van der Waals surface area contributed by atoms with E-state index in [0.29, 0.717) is 11.4 Å². The fraction of sp³-hybridized carbons (Fsp3) is 0.150. The van der Waals surface area contributed by atoms with E-state index in [1.807, 2.05) is 6.92 Å². The van der Waals surface area contributed by atoms with Crippen molar-refractivity contribution < 1.29 is 16.8 Å². The van der Waals surface area contributed by atoms with E-state index in [1.165, 1.54) is 29.5 Å². The van der Waals surface area contributed by atoms with Crippen molar-refractivity contribution in [3.05, 3.63) is 59.9 Å². The van der Waals surface area contributed by atoms with E-state index in [4.69, 9.17) is 0 Å². The number of anilines is 1. The zero-order valence-corrected chi connectivity index (χ0v) is 18.7. The molecule has 2 aromatic heterocycles. The van der Waals surface area contributed by atoms with Crippen molar-refractivity contribution >= 4 is 47.1 Å². The Morgan fingerprint density at radius 2 is 1.84 bits per heavy atom. The van der Waals surface area contributed by atoms with Crippen molar-refractivity contribution in [2.75, 3.05) is 16.6 Å². The average Bonchev–Trinajstić information content (AvgIpc) is 3.13. The molecule has 2 aromatic carbocycles. The number of fused-ring (bicyclic) bond motifs is 2. The van der Waals surface area contributed by atoms with Gasteiger partial charge in [0.25, 0.3) is 10.0 Å². The summed E-state index contributed by atoms with van der Waals surface area (Å²) in [4.78, 5) is 12.8. The van der Waals surface area contributed by atoms with E-state index in [1.54, 1.807) is 36.7 Å². The third-order valence-corrected chi connectivity index (χ3v) is 9.48. The molecule has 1 aliphatic rings.